The molecule has 4 aromatic rings. The third kappa shape index (κ3) is 10.1. The Balaban J connectivity index is 1.27. The summed E-state index contributed by atoms with van der Waals surface area (Å²) in [5.74, 6) is -0.928. The number of carbonyl (C=O) groups is 2. The van der Waals surface area contributed by atoms with Crippen LogP contribution >= 0.6 is 0 Å². The van der Waals surface area contributed by atoms with E-state index in [1.54, 1.807) is 0 Å². The quantitative estimate of drug-likeness (QED) is 0.123. The number of nitrogens with zero attached hydrogens (tertiary/aromatic N) is 1. The summed E-state index contributed by atoms with van der Waals surface area (Å²) in [6.07, 6.45) is 1.36. The van der Waals surface area contributed by atoms with Gasteiger partial charge in [-0.15, -0.1) is 0 Å². The zero-order valence-corrected chi connectivity index (χ0v) is 26.9. The Labute approximate surface area is 277 Å². The Kier molecular flexibility index (Phi) is 12.3. The fourth-order valence-electron chi connectivity index (χ4n) is 5.96. The van der Waals surface area contributed by atoms with Crippen molar-refractivity contribution in [2.45, 2.75) is 70.3 Å². The lowest BCUT2D eigenvalue weighted by Crippen LogP contribution is -2.37. The molecular weight excluding hydrogens is 592 g/mol. The largest absolute Gasteiger partial charge is 0.481 e. The number of carbonyl (C=O) groups excluding carboxylic acids is 1. The molecule has 0 spiro atoms. The number of ether oxygens (including phenoxy) is 2. The highest BCUT2D eigenvalue weighted by Gasteiger charge is 2.32. The minimum Gasteiger partial charge on any atom is -0.481 e. The summed E-state index contributed by atoms with van der Waals surface area (Å²) in [4.78, 5) is 25.4. The molecule has 8 nitrogen and oxygen atoms in total. The molecule has 1 amide bonds. The van der Waals surface area contributed by atoms with Gasteiger partial charge in [0.05, 0.1) is 18.8 Å². The maximum atomic E-state index is 12.4. The number of aliphatic hydroxyl groups excluding tert-OH is 1. The number of carboxylic acids is 1. The van der Waals surface area contributed by atoms with Crippen LogP contribution in [0.2, 0.25) is 0 Å². The van der Waals surface area contributed by atoms with Gasteiger partial charge in [0.25, 0.3) is 0 Å². The standard InChI is InChI=1S/C39H44N2O6/c1-41(25-28-9-3-2-4-10-28)26-34-23-36(31-17-15-29(27-42)16-18-31)47-39(46-34)32-21-19-30(20-22-32)35-12-6-5-11-33(35)24-40-37(43)13-7-8-14-38(44)45/h2-6,9-12,15-22,34,36,39,42H,7-8,13-14,23-27H2,1H3,(H,40,43)(H,44,45). The molecule has 3 unspecified atom stereocenters. The topological polar surface area (TPSA) is 108 Å². The van der Waals surface area contributed by atoms with Crippen molar-refractivity contribution in [1.29, 1.82) is 0 Å². The van der Waals surface area contributed by atoms with Crippen LogP contribution in [0.25, 0.3) is 11.1 Å². The number of hydrogen-bond acceptors (Lipinski definition) is 6. The molecule has 0 saturated carbocycles. The normalized spacial score (nSPS) is 17.8. The molecule has 1 fully saturated rings. The lowest BCUT2D eigenvalue weighted by Gasteiger charge is -2.38. The Morgan fingerprint density at radius 3 is 2.21 bits per heavy atom. The van der Waals surface area contributed by atoms with E-state index in [1.807, 2.05) is 66.7 Å². The number of carboxylic acid groups (broad SMARTS) is 1. The number of hydrogen-bond donors (Lipinski definition) is 3. The Morgan fingerprint density at radius 2 is 1.49 bits per heavy atom. The monoisotopic (exact) mass is 636 g/mol. The van der Waals surface area contributed by atoms with Crippen molar-refractivity contribution in [1.82, 2.24) is 10.2 Å². The van der Waals surface area contributed by atoms with Crippen molar-refractivity contribution >= 4 is 11.9 Å². The van der Waals surface area contributed by atoms with E-state index in [0.29, 0.717) is 32.2 Å². The second-order valence-electron chi connectivity index (χ2n) is 12.2. The van der Waals surface area contributed by atoms with Gasteiger partial charge in [-0.1, -0.05) is 103 Å². The summed E-state index contributed by atoms with van der Waals surface area (Å²) < 4.78 is 13.1. The first-order chi connectivity index (χ1) is 22.9. The van der Waals surface area contributed by atoms with Gasteiger partial charge in [0.15, 0.2) is 6.29 Å². The van der Waals surface area contributed by atoms with Crippen LogP contribution in [0.4, 0.5) is 0 Å². The second-order valence-corrected chi connectivity index (χ2v) is 12.2. The number of likely N-dealkylation sites (N-methyl/N-ethyl adjacent to an activating group) is 1. The average molecular weight is 637 g/mol. The lowest BCUT2D eigenvalue weighted by atomic mass is 9.97. The number of unbranched alkanes of at least 4 members (excludes halogenated alkanes) is 1. The molecule has 246 valence electrons. The molecule has 5 rings (SSSR count). The third-order valence-electron chi connectivity index (χ3n) is 8.46. The van der Waals surface area contributed by atoms with Gasteiger partial charge in [-0.25, -0.2) is 0 Å². The molecule has 1 aliphatic rings. The molecule has 1 saturated heterocycles. The van der Waals surface area contributed by atoms with Crippen LogP contribution in [0.3, 0.4) is 0 Å². The first-order valence-electron chi connectivity index (χ1n) is 16.3. The molecule has 8 heteroatoms. The van der Waals surface area contributed by atoms with E-state index in [0.717, 1.165) is 46.5 Å². The van der Waals surface area contributed by atoms with Crippen LogP contribution in [0, 0.1) is 0 Å². The molecule has 0 aromatic heterocycles. The molecule has 1 aliphatic heterocycles. The van der Waals surface area contributed by atoms with Gasteiger partial charge < -0.3 is 25.0 Å². The van der Waals surface area contributed by atoms with Crippen molar-refractivity contribution < 1.29 is 29.3 Å². The van der Waals surface area contributed by atoms with Crippen LogP contribution in [0.5, 0.6) is 0 Å². The summed E-state index contributed by atoms with van der Waals surface area (Å²) >= 11 is 0. The summed E-state index contributed by atoms with van der Waals surface area (Å²) in [6, 6.07) is 34.5. The smallest absolute Gasteiger partial charge is 0.303 e. The number of aliphatic hydroxyl groups is 1. The van der Waals surface area contributed by atoms with Crippen LogP contribution in [0.15, 0.2) is 103 Å². The Hall–Kier alpha value is -4.34. The van der Waals surface area contributed by atoms with Crippen LogP contribution in [0.1, 0.15) is 72.3 Å². The van der Waals surface area contributed by atoms with E-state index < -0.39 is 12.3 Å². The highest BCUT2D eigenvalue weighted by atomic mass is 16.7. The molecule has 3 N–H and O–H groups in total. The predicted molar refractivity (Wildman–Crippen MR) is 181 cm³/mol. The molecule has 4 aromatic carbocycles. The van der Waals surface area contributed by atoms with Gasteiger partial charge in [0.1, 0.15) is 0 Å². The van der Waals surface area contributed by atoms with E-state index in [1.165, 1.54) is 5.56 Å². The summed E-state index contributed by atoms with van der Waals surface area (Å²) in [5, 5.41) is 21.3. The highest BCUT2D eigenvalue weighted by Crippen LogP contribution is 2.39. The van der Waals surface area contributed by atoms with Crippen LogP contribution < -0.4 is 5.32 Å². The van der Waals surface area contributed by atoms with Crippen molar-refractivity contribution in [2.75, 3.05) is 13.6 Å². The average Bonchev–Trinajstić information content (AvgIpc) is 3.09. The predicted octanol–water partition coefficient (Wildman–Crippen LogP) is 6.78. The molecule has 0 bridgehead atoms. The summed E-state index contributed by atoms with van der Waals surface area (Å²) in [7, 11) is 2.11. The fraction of sp³-hybridized carbons (Fsp3) is 0.333. The van der Waals surface area contributed by atoms with E-state index in [-0.39, 0.29) is 31.1 Å². The first kappa shape index (κ1) is 34.0. The van der Waals surface area contributed by atoms with Gasteiger partial charge >= 0.3 is 5.97 Å². The maximum absolute atomic E-state index is 12.4. The molecular formula is C39H44N2O6. The minimum atomic E-state index is -0.841. The van der Waals surface area contributed by atoms with Gasteiger partial charge in [0.2, 0.25) is 5.91 Å². The van der Waals surface area contributed by atoms with Crippen molar-refractivity contribution in [3.63, 3.8) is 0 Å². The van der Waals surface area contributed by atoms with Gasteiger partial charge in [-0.3, -0.25) is 14.5 Å². The first-order valence-corrected chi connectivity index (χ1v) is 16.3. The Bertz CT molecular complexity index is 1580. The molecule has 1 heterocycles. The summed E-state index contributed by atoms with van der Waals surface area (Å²) in [6.45, 7) is 1.96. The van der Waals surface area contributed by atoms with E-state index in [4.69, 9.17) is 14.6 Å². The summed E-state index contributed by atoms with van der Waals surface area (Å²) in [5.41, 5.74) is 7.14. The van der Waals surface area contributed by atoms with Crippen LogP contribution in [-0.2, 0) is 38.8 Å². The zero-order chi connectivity index (χ0) is 33.0. The van der Waals surface area contributed by atoms with Crippen LogP contribution in [-0.4, -0.2) is 46.7 Å². The lowest BCUT2D eigenvalue weighted by molar-refractivity contribution is -0.252. The molecule has 47 heavy (non-hydrogen) atoms. The van der Waals surface area contributed by atoms with Crippen molar-refractivity contribution in [2.24, 2.45) is 0 Å². The van der Waals surface area contributed by atoms with E-state index >= 15 is 0 Å². The van der Waals surface area contributed by atoms with Gasteiger partial charge in [-0.2, -0.15) is 0 Å². The van der Waals surface area contributed by atoms with Crippen molar-refractivity contribution in [3.8, 4) is 11.1 Å². The Morgan fingerprint density at radius 1 is 0.809 bits per heavy atom. The van der Waals surface area contributed by atoms with Gasteiger partial charge in [-0.05, 0) is 53.3 Å². The van der Waals surface area contributed by atoms with Crippen molar-refractivity contribution in [3.05, 3.63) is 131 Å². The fourth-order valence-corrected chi connectivity index (χ4v) is 5.96. The number of aliphatic carboxylic acids is 1. The SMILES string of the molecule is CN(Cc1ccccc1)CC1CC(c2ccc(CO)cc2)OC(c2ccc(-c3ccccc3CNC(=O)CCCCC(=O)O)cc2)O1. The molecule has 0 aliphatic carbocycles. The number of amides is 1. The maximum Gasteiger partial charge on any atom is 0.303 e. The molecule has 0 radical (unpaired) electrons. The second kappa shape index (κ2) is 17.0. The van der Waals surface area contributed by atoms with Gasteiger partial charge in [0, 0.05) is 44.5 Å². The molecule has 3 atom stereocenters. The number of benzene rings is 4. The highest BCUT2D eigenvalue weighted by molar-refractivity contribution is 5.76. The third-order valence-corrected chi connectivity index (χ3v) is 8.46. The number of rotatable bonds is 15. The number of nitrogens with one attached hydrogen (secondary N) is 1. The minimum absolute atomic E-state index is 0.000884. The zero-order valence-electron chi connectivity index (χ0n) is 26.9. The van der Waals surface area contributed by atoms with E-state index in [2.05, 4.69) is 53.7 Å². The van der Waals surface area contributed by atoms with E-state index in [9.17, 15) is 14.7 Å².